The number of ether oxygens (including phenoxy) is 2. The molecule has 0 fully saturated rings. The maximum Gasteiger partial charge on any atom is 0.180 e. The van der Waals surface area contributed by atoms with Crippen LogP contribution in [0.4, 0.5) is 5.82 Å². The number of halogens is 1. The van der Waals surface area contributed by atoms with Crippen molar-refractivity contribution in [2.45, 2.75) is 27.0 Å². The summed E-state index contributed by atoms with van der Waals surface area (Å²) < 4.78 is 11.8. The zero-order valence-corrected chi connectivity index (χ0v) is 16.3. The van der Waals surface area contributed by atoms with Crippen molar-refractivity contribution in [2.24, 2.45) is 0 Å². The van der Waals surface area contributed by atoms with E-state index in [4.69, 9.17) is 21.1 Å². The van der Waals surface area contributed by atoms with Gasteiger partial charge in [0.2, 0.25) is 0 Å². The predicted octanol–water partition coefficient (Wildman–Crippen LogP) is 5.63. The van der Waals surface area contributed by atoms with Crippen LogP contribution in [-0.2, 0) is 13.2 Å². The Morgan fingerprint density at radius 1 is 1.00 bits per heavy atom. The molecular weight excluding hydrogens is 360 g/mol. The van der Waals surface area contributed by atoms with Crippen LogP contribution in [0.1, 0.15) is 23.6 Å². The summed E-state index contributed by atoms with van der Waals surface area (Å²) in [4.78, 5) is 4.26. The van der Waals surface area contributed by atoms with Gasteiger partial charge in [0.15, 0.2) is 11.5 Å². The van der Waals surface area contributed by atoms with Crippen LogP contribution in [0, 0.1) is 6.92 Å². The third-order valence-corrected chi connectivity index (χ3v) is 4.25. The number of pyridine rings is 1. The Balaban J connectivity index is 1.75. The zero-order chi connectivity index (χ0) is 19.1. The molecule has 0 atom stereocenters. The van der Waals surface area contributed by atoms with E-state index in [9.17, 15) is 0 Å². The molecule has 0 aliphatic heterocycles. The molecule has 0 spiro atoms. The molecule has 3 aromatic rings. The maximum atomic E-state index is 6.50. The molecule has 5 heteroatoms. The van der Waals surface area contributed by atoms with E-state index in [1.807, 2.05) is 49.4 Å². The summed E-state index contributed by atoms with van der Waals surface area (Å²) in [6.07, 6.45) is 1.75. The van der Waals surface area contributed by atoms with Gasteiger partial charge in [0.1, 0.15) is 12.4 Å². The van der Waals surface area contributed by atoms with E-state index >= 15 is 0 Å². The molecule has 0 saturated heterocycles. The fourth-order valence-corrected chi connectivity index (χ4v) is 3.03. The minimum atomic E-state index is 0.438. The first-order valence-corrected chi connectivity index (χ1v) is 9.32. The molecule has 0 unspecified atom stereocenters. The van der Waals surface area contributed by atoms with Gasteiger partial charge in [-0.05, 0) is 49.2 Å². The quantitative estimate of drug-likeness (QED) is 0.548. The predicted molar refractivity (Wildman–Crippen MR) is 110 cm³/mol. The van der Waals surface area contributed by atoms with Crippen LogP contribution in [0.15, 0.2) is 60.8 Å². The Labute approximate surface area is 165 Å². The summed E-state index contributed by atoms with van der Waals surface area (Å²) in [5, 5.41) is 3.81. The number of nitrogens with zero attached hydrogens (tertiary/aromatic N) is 1. The maximum absolute atomic E-state index is 6.50. The Morgan fingerprint density at radius 3 is 2.63 bits per heavy atom. The van der Waals surface area contributed by atoms with Crippen LogP contribution in [0.25, 0.3) is 0 Å². The van der Waals surface area contributed by atoms with Crippen LogP contribution in [0.3, 0.4) is 0 Å². The lowest BCUT2D eigenvalue weighted by molar-refractivity contribution is 0.269. The zero-order valence-electron chi connectivity index (χ0n) is 15.5. The highest BCUT2D eigenvalue weighted by Gasteiger charge is 2.13. The minimum absolute atomic E-state index is 0.438. The van der Waals surface area contributed by atoms with E-state index in [-0.39, 0.29) is 0 Å². The number of aryl methyl sites for hydroxylation is 1. The largest absolute Gasteiger partial charge is 0.490 e. The highest BCUT2D eigenvalue weighted by molar-refractivity contribution is 6.32. The van der Waals surface area contributed by atoms with Crippen molar-refractivity contribution in [3.05, 3.63) is 82.5 Å². The lowest BCUT2D eigenvalue weighted by Gasteiger charge is -2.16. The normalized spacial score (nSPS) is 10.5. The number of hydrogen-bond acceptors (Lipinski definition) is 4. The van der Waals surface area contributed by atoms with E-state index in [0.717, 1.165) is 16.9 Å². The highest BCUT2D eigenvalue weighted by atomic mass is 35.5. The van der Waals surface area contributed by atoms with Gasteiger partial charge in [0.25, 0.3) is 0 Å². The molecule has 0 aliphatic carbocycles. The number of rotatable bonds is 8. The molecule has 1 heterocycles. The summed E-state index contributed by atoms with van der Waals surface area (Å²) >= 11 is 6.50. The molecular formula is C22H23ClN2O2. The fraction of sp³-hybridized carbons (Fsp3) is 0.227. The van der Waals surface area contributed by atoms with Crippen molar-refractivity contribution in [2.75, 3.05) is 11.9 Å². The molecule has 27 heavy (non-hydrogen) atoms. The Morgan fingerprint density at radius 2 is 1.89 bits per heavy atom. The smallest absolute Gasteiger partial charge is 0.180 e. The molecule has 0 saturated carbocycles. The number of aromatic nitrogens is 1. The molecule has 4 nitrogen and oxygen atoms in total. The standard InChI is InChI=1S/C22H23ClN2O2/c1-3-26-20-13-18(14-25-21-9-4-5-10-24-21)12-19(23)22(20)27-15-17-8-6-7-16(2)11-17/h4-13H,3,14-15H2,1-2H3,(H,24,25). The van der Waals surface area contributed by atoms with Crippen LogP contribution < -0.4 is 14.8 Å². The minimum Gasteiger partial charge on any atom is -0.490 e. The number of anilines is 1. The van der Waals surface area contributed by atoms with Crippen molar-refractivity contribution >= 4 is 17.4 Å². The molecule has 0 bridgehead atoms. The monoisotopic (exact) mass is 382 g/mol. The lowest BCUT2D eigenvalue weighted by Crippen LogP contribution is -2.04. The molecule has 0 aliphatic rings. The first kappa shape index (κ1) is 19.1. The second-order valence-electron chi connectivity index (χ2n) is 6.18. The van der Waals surface area contributed by atoms with Gasteiger partial charge in [-0.25, -0.2) is 4.98 Å². The van der Waals surface area contributed by atoms with Crippen molar-refractivity contribution in [1.82, 2.24) is 4.98 Å². The number of hydrogen-bond donors (Lipinski definition) is 1. The molecule has 3 rings (SSSR count). The van der Waals surface area contributed by atoms with Crippen LogP contribution in [0.5, 0.6) is 11.5 Å². The average Bonchev–Trinajstić information content (AvgIpc) is 2.67. The highest BCUT2D eigenvalue weighted by Crippen LogP contribution is 2.37. The summed E-state index contributed by atoms with van der Waals surface area (Å²) in [6, 6.07) is 17.8. The first-order valence-electron chi connectivity index (χ1n) is 8.94. The summed E-state index contributed by atoms with van der Waals surface area (Å²) in [7, 11) is 0. The molecule has 0 amide bonds. The Kier molecular flexibility index (Phi) is 6.55. The second-order valence-corrected chi connectivity index (χ2v) is 6.59. The van der Waals surface area contributed by atoms with E-state index in [0.29, 0.717) is 36.3 Å². The Bertz CT molecular complexity index is 885. The SMILES string of the molecule is CCOc1cc(CNc2ccccn2)cc(Cl)c1OCc1cccc(C)c1. The van der Waals surface area contributed by atoms with Gasteiger partial charge in [0, 0.05) is 12.7 Å². The van der Waals surface area contributed by atoms with E-state index in [2.05, 4.69) is 29.4 Å². The van der Waals surface area contributed by atoms with Crippen LogP contribution in [-0.4, -0.2) is 11.6 Å². The van der Waals surface area contributed by atoms with E-state index in [1.165, 1.54) is 5.56 Å². The summed E-state index contributed by atoms with van der Waals surface area (Å²) in [6.45, 7) is 5.57. The van der Waals surface area contributed by atoms with Gasteiger partial charge < -0.3 is 14.8 Å². The van der Waals surface area contributed by atoms with E-state index in [1.54, 1.807) is 6.20 Å². The Hall–Kier alpha value is -2.72. The molecule has 1 N–H and O–H groups in total. The molecule has 0 radical (unpaired) electrons. The lowest BCUT2D eigenvalue weighted by atomic mass is 10.1. The van der Waals surface area contributed by atoms with Crippen molar-refractivity contribution < 1.29 is 9.47 Å². The second kappa shape index (κ2) is 9.28. The fourth-order valence-electron chi connectivity index (χ4n) is 2.74. The summed E-state index contributed by atoms with van der Waals surface area (Å²) in [5.41, 5.74) is 3.29. The average molecular weight is 383 g/mol. The number of benzene rings is 2. The number of nitrogens with one attached hydrogen (secondary N) is 1. The third kappa shape index (κ3) is 5.38. The van der Waals surface area contributed by atoms with Gasteiger partial charge in [-0.1, -0.05) is 47.5 Å². The van der Waals surface area contributed by atoms with Gasteiger partial charge in [-0.2, -0.15) is 0 Å². The third-order valence-electron chi connectivity index (χ3n) is 3.97. The van der Waals surface area contributed by atoms with Crippen molar-refractivity contribution in [1.29, 1.82) is 0 Å². The van der Waals surface area contributed by atoms with Crippen molar-refractivity contribution in [3.63, 3.8) is 0 Å². The topological polar surface area (TPSA) is 43.4 Å². The van der Waals surface area contributed by atoms with Gasteiger partial charge in [-0.15, -0.1) is 0 Å². The molecule has 1 aromatic heterocycles. The van der Waals surface area contributed by atoms with Crippen LogP contribution in [0.2, 0.25) is 5.02 Å². The van der Waals surface area contributed by atoms with E-state index < -0.39 is 0 Å². The summed E-state index contributed by atoms with van der Waals surface area (Å²) in [5.74, 6) is 2.03. The molecule has 140 valence electrons. The van der Waals surface area contributed by atoms with Gasteiger partial charge in [-0.3, -0.25) is 0 Å². The first-order chi connectivity index (χ1) is 13.2. The van der Waals surface area contributed by atoms with Crippen LogP contribution >= 0.6 is 11.6 Å². The van der Waals surface area contributed by atoms with Gasteiger partial charge >= 0.3 is 0 Å². The van der Waals surface area contributed by atoms with Gasteiger partial charge in [0.05, 0.1) is 11.6 Å². The van der Waals surface area contributed by atoms with Crippen molar-refractivity contribution in [3.8, 4) is 11.5 Å². The molecule has 2 aromatic carbocycles.